The van der Waals surface area contributed by atoms with E-state index >= 15 is 0 Å². The number of hydrogen-bond donors (Lipinski definition) is 0. The van der Waals surface area contributed by atoms with E-state index in [0.717, 1.165) is 19.6 Å². The number of aryl methyl sites for hydroxylation is 1. The van der Waals surface area contributed by atoms with Crippen molar-refractivity contribution < 1.29 is 8.42 Å². The molecule has 3 rings (SSSR count). The van der Waals surface area contributed by atoms with Crippen LogP contribution in [0.3, 0.4) is 0 Å². The fourth-order valence-electron chi connectivity index (χ4n) is 2.84. The number of sulfonamides is 1. The molecule has 1 heterocycles. The molecule has 0 saturated carbocycles. The van der Waals surface area contributed by atoms with Crippen molar-refractivity contribution in [1.82, 2.24) is 9.21 Å². The summed E-state index contributed by atoms with van der Waals surface area (Å²) >= 11 is 5.84. The molecule has 4 nitrogen and oxygen atoms in total. The van der Waals surface area contributed by atoms with Gasteiger partial charge in [-0.1, -0.05) is 41.4 Å². The van der Waals surface area contributed by atoms with E-state index in [4.69, 9.17) is 11.6 Å². The molecule has 6 heteroatoms. The van der Waals surface area contributed by atoms with Gasteiger partial charge in [0, 0.05) is 37.7 Å². The monoisotopic (exact) mass is 364 g/mol. The van der Waals surface area contributed by atoms with Crippen molar-refractivity contribution in [1.29, 1.82) is 0 Å². The molecule has 1 saturated heterocycles. The van der Waals surface area contributed by atoms with Crippen LogP contribution in [-0.4, -0.2) is 43.8 Å². The SMILES string of the molecule is Cc1ccc(CN2CCN(S(=O)(=O)c3ccc(Cl)cc3)CC2)cc1. The third-order valence-electron chi connectivity index (χ3n) is 4.31. The molecule has 0 aliphatic carbocycles. The molecule has 0 spiro atoms. The number of piperazine rings is 1. The summed E-state index contributed by atoms with van der Waals surface area (Å²) in [5.41, 5.74) is 2.51. The lowest BCUT2D eigenvalue weighted by Crippen LogP contribution is -2.48. The second kappa shape index (κ2) is 7.23. The predicted molar refractivity (Wildman–Crippen MR) is 96.7 cm³/mol. The Labute approximate surface area is 148 Å². The van der Waals surface area contributed by atoms with E-state index in [9.17, 15) is 8.42 Å². The third kappa shape index (κ3) is 3.98. The molecule has 1 fully saturated rings. The number of rotatable bonds is 4. The number of halogens is 1. The topological polar surface area (TPSA) is 40.6 Å². The van der Waals surface area contributed by atoms with E-state index in [0.29, 0.717) is 23.0 Å². The van der Waals surface area contributed by atoms with Crippen LogP contribution in [-0.2, 0) is 16.6 Å². The lowest BCUT2D eigenvalue weighted by atomic mass is 10.1. The highest BCUT2D eigenvalue weighted by molar-refractivity contribution is 7.89. The average Bonchev–Trinajstić information content (AvgIpc) is 2.58. The summed E-state index contributed by atoms with van der Waals surface area (Å²) in [5.74, 6) is 0. The maximum atomic E-state index is 12.7. The maximum absolute atomic E-state index is 12.7. The number of hydrogen-bond acceptors (Lipinski definition) is 3. The summed E-state index contributed by atoms with van der Waals surface area (Å²) in [6.07, 6.45) is 0. The molecule has 24 heavy (non-hydrogen) atoms. The Balaban J connectivity index is 1.62. The standard InChI is InChI=1S/C18H21ClN2O2S/c1-15-2-4-16(5-3-15)14-20-10-12-21(13-11-20)24(22,23)18-8-6-17(19)7-9-18/h2-9H,10-14H2,1H3. The van der Waals surface area contributed by atoms with Crippen LogP contribution in [0.4, 0.5) is 0 Å². The fourth-order valence-corrected chi connectivity index (χ4v) is 4.38. The van der Waals surface area contributed by atoms with E-state index in [1.54, 1.807) is 28.6 Å². The lowest BCUT2D eigenvalue weighted by molar-refractivity contribution is 0.181. The Morgan fingerprint density at radius 3 is 2.08 bits per heavy atom. The maximum Gasteiger partial charge on any atom is 0.243 e. The van der Waals surface area contributed by atoms with Crippen LogP contribution in [0.15, 0.2) is 53.4 Å². The minimum absolute atomic E-state index is 0.305. The second-order valence-corrected chi connectivity index (χ2v) is 8.49. The van der Waals surface area contributed by atoms with Crippen LogP contribution < -0.4 is 0 Å². The first kappa shape index (κ1) is 17.4. The molecule has 0 bridgehead atoms. The van der Waals surface area contributed by atoms with Gasteiger partial charge in [-0.25, -0.2) is 8.42 Å². The first-order valence-corrected chi connectivity index (χ1v) is 9.80. The highest BCUT2D eigenvalue weighted by Gasteiger charge is 2.28. The Kier molecular flexibility index (Phi) is 5.25. The Hall–Kier alpha value is -1.40. The molecule has 0 radical (unpaired) electrons. The Morgan fingerprint density at radius 1 is 0.917 bits per heavy atom. The third-order valence-corrected chi connectivity index (χ3v) is 6.47. The van der Waals surface area contributed by atoms with Crippen LogP contribution in [0.2, 0.25) is 5.02 Å². The molecule has 0 atom stereocenters. The average molecular weight is 365 g/mol. The lowest BCUT2D eigenvalue weighted by Gasteiger charge is -2.34. The van der Waals surface area contributed by atoms with Crippen molar-refractivity contribution in [2.75, 3.05) is 26.2 Å². The van der Waals surface area contributed by atoms with Crippen LogP contribution in [0.5, 0.6) is 0 Å². The molecule has 0 N–H and O–H groups in total. The molecule has 1 aliphatic heterocycles. The largest absolute Gasteiger partial charge is 0.296 e. The van der Waals surface area contributed by atoms with Crippen molar-refractivity contribution in [3.8, 4) is 0 Å². The van der Waals surface area contributed by atoms with E-state index in [1.807, 2.05) is 0 Å². The van der Waals surface area contributed by atoms with Gasteiger partial charge in [-0.05, 0) is 36.8 Å². The fraction of sp³-hybridized carbons (Fsp3) is 0.333. The molecule has 128 valence electrons. The van der Waals surface area contributed by atoms with Crippen LogP contribution in [0.1, 0.15) is 11.1 Å². The van der Waals surface area contributed by atoms with Gasteiger partial charge in [0.15, 0.2) is 0 Å². The van der Waals surface area contributed by atoms with Crippen molar-refractivity contribution in [3.63, 3.8) is 0 Å². The van der Waals surface area contributed by atoms with Gasteiger partial charge in [0.2, 0.25) is 10.0 Å². The van der Waals surface area contributed by atoms with E-state index in [2.05, 4.69) is 36.1 Å². The number of benzene rings is 2. The van der Waals surface area contributed by atoms with Gasteiger partial charge in [0.1, 0.15) is 0 Å². The highest BCUT2D eigenvalue weighted by atomic mass is 35.5. The molecule has 2 aromatic carbocycles. The summed E-state index contributed by atoms with van der Waals surface area (Å²) < 4.78 is 26.9. The smallest absolute Gasteiger partial charge is 0.243 e. The minimum Gasteiger partial charge on any atom is -0.296 e. The summed E-state index contributed by atoms with van der Waals surface area (Å²) in [5, 5.41) is 0.539. The van der Waals surface area contributed by atoms with Gasteiger partial charge in [-0.2, -0.15) is 4.31 Å². The van der Waals surface area contributed by atoms with E-state index < -0.39 is 10.0 Å². The summed E-state index contributed by atoms with van der Waals surface area (Å²) in [6.45, 7) is 5.42. The molecule has 0 amide bonds. The Morgan fingerprint density at radius 2 is 1.50 bits per heavy atom. The second-order valence-electron chi connectivity index (χ2n) is 6.12. The van der Waals surface area contributed by atoms with Gasteiger partial charge in [-0.3, -0.25) is 4.90 Å². The zero-order valence-electron chi connectivity index (χ0n) is 13.7. The van der Waals surface area contributed by atoms with Gasteiger partial charge < -0.3 is 0 Å². The van der Waals surface area contributed by atoms with Gasteiger partial charge >= 0.3 is 0 Å². The molecular weight excluding hydrogens is 344 g/mol. The van der Waals surface area contributed by atoms with Gasteiger partial charge in [0.05, 0.1) is 4.90 Å². The summed E-state index contributed by atoms with van der Waals surface area (Å²) in [4.78, 5) is 2.59. The zero-order valence-corrected chi connectivity index (χ0v) is 15.2. The van der Waals surface area contributed by atoms with Gasteiger partial charge in [-0.15, -0.1) is 0 Å². The van der Waals surface area contributed by atoms with Crippen LogP contribution in [0.25, 0.3) is 0 Å². The summed E-state index contributed by atoms with van der Waals surface area (Å²) in [7, 11) is -3.43. The van der Waals surface area contributed by atoms with Crippen molar-refractivity contribution >= 4 is 21.6 Å². The quantitative estimate of drug-likeness (QED) is 0.836. The van der Waals surface area contributed by atoms with Crippen molar-refractivity contribution in [2.24, 2.45) is 0 Å². The first-order valence-electron chi connectivity index (χ1n) is 7.99. The molecule has 0 aromatic heterocycles. The highest BCUT2D eigenvalue weighted by Crippen LogP contribution is 2.20. The normalized spacial score (nSPS) is 17.1. The summed E-state index contributed by atoms with van der Waals surface area (Å²) in [6, 6.07) is 14.8. The molecule has 0 unspecified atom stereocenters. The number of nitrogens with zero attached hydrogens (tertiary/aromatic N) is 2. The molecular formula is C18H21ClN2O2S. The van der Waals surface area contributed by atoms with Crippen molar-refractivity contribution in [3.05, 3.63) is 64.7 Å². The zero-order chi connectivity index (χ0) is 17.2. The predicted octanol–water partition coefficient (Wildman–Crippen LogP) is 3.15. The first-order chi connectivity index (χ1) is 11.4. The van der Waals surface area contributed by atoms with Crippen molar-refractivity contribution in [2.45, 2.75) is 18.4 Å². The van der Waals surface area contributed by atoms with Crippen LogP contribution >= 0.6 is 11.6 Å². The molecule has 1 aliphatic rings. The van der Waals surface area contributed by atoms with E-state index in [-0.39, 0.29) is 0 Å². The van der Waals surface area contributed by atoms with E-state index in [1.165, 1.54) is 11.1 Å². The Bertz CT molecular complexity index is 781. The minimum atomic E-state index is -3.43. The van der Waals surface area contributed by atoms with Gasteiger partial charge in [0.25, 0.3) is 0 Å². The van der Waals surface area contributed by atoms with Crippen LogP contribution in [0, 0.1) is 6.92 Å². The molecule has 2 aromatic rings.